The minimum Gasteiger partial charge on any atom is -0.369 e. The van der Waals surface area contributed by atoms with Gasteiger partial charge in [0.15, 0.2) is 5.82 Å². The lowest BCUT2D eigenvalue weighted by atomic mass is 10.2. The third-order valence-corrected chi connectivity index (χ3v) is 4.22. The van der Waals surface area contributed by atoms with Gasteiger partial charge in [-0.25, -0.2) is 9.37 Å². The molecule has 8 heteroatoms. The molecule has 0 atom stereocenters. The van der Waals surface area contributed by atoms with Gasteiger partial charge in [-0.3, -0.25) is 4.57 Å². The summed E-state index contributed by atoms with van der Waals surface area (Å²) in [4.78, 5) is 4.19. The second-order valence-electron chi connectivity index (χ2n) is 4.28. The fourth-order valence-electron chi connectivity index (χ4n) is 2.03. The Bertz CT molecular complexity index is 852. The Morgan fingerprint density at radius 1 is 0.905 bits per heavy atom. The molecule has 1 aromatic heterocycles. The first-order chi connectivity index (χ1) is 9.88. The Balaban J connectivity index is 2.34. The molecule has 3 rings (SSSR count). The van der Waals surface area contributed by atoms with E-state index in [4.69, 9.17) is 52.1 Å². The number of halogens is 5. The minimum absolute atomic E-state index is 0.112. The van der Waals surface area contributed by atoms with E-state index in [9.17, 15) is 4.39 Å². The normalized spacial score (nSPS) is 11.3. The fourth-order valence-corrected chi connectivity index (χ4v) is 2.83. The molecule has 0 aliphatic heterocycles. The second-order valence-corrected chi connectivity index (χ2v) is 5.91. The first-order valence-corrected chi connectivity index (χ1v) is 7.17. The van der Waals surface area contributed by atoms with Crippen molar-refractivity contribution in [2.45, 2.75) is 0 Å². The predicted molar refractivity (Wildman–Crippen MR) is 85.5 cm³/mol. The van der Waals surface area contributed by atoms with Crippen molar-refractivity contribution in [1.29, 1.82) is 0 Å². The van der Waals surface area contributed by atoms with E-state index in [1.807, 2.05) is 0 Å². The van der Waals surface area contributed by atoms with E-state index in [0.29, 0.717) is 26.8 Å². The molecule has 0 saturated heterocycles. The van der Waals surface area contributed by atoms with E-state index in [1.165, 1.54) is 12.1 Å². The van der Waals surface area contributed by atoms with Crippen LogP contribution >= 0.6 is 46.4 Å². The van der Waals surface area contributed by atoms with Crippen LogP contribution in [0.25, 0.3) is 16.7 Å². The van der Waals surface area contributed by atoms with E-state index < -0.39 is 5.82 Å². The molecule has 0 aliphatic carbocycles. The highest BCUT2D eigenvalue weighted by molar-refractivity contribution is 6.42. The maximum absolute atomic E-state index is 13.5. The Hall–Kier alpha value is -1.20. The standard InChI is InChI=1S/C13H6Cl4FN3/c14-6-3-10-11(4-7(6)15)21(13(19)20-10)5-1-8(16)12(18)9(17)2-5/h1-4H,(H2,19,20). The zero-order valence-electron chi connectivity index (χ0n) is 10.2. The van der Waals surface area contributed by atoms with E-state index in [0.717, 1.165) is 0 Å². The number of benzene rings is 2. The first-order valence-electron chi connectivity index (χ1n) is 5.66. The third-order valence-electron chi connectivity index (χ3n) is 2.95. The third kappa shape index (κ3) is 2.42. The SMILES string of the molecule is Nc1nc2cc(Cl)c(Cl)cc2n1-c1cc(Cl)c(F)c(Cl)c1. The summed E-state index contributed by atoms with van der Waals surface area (Å²) in [6.07, 6.45) is 0. The molecule has 0 radical (unpaired) electrons. The maximum atomic E-state index is 13.5. The minimum atomic E-state index is -0.689. The van der Waals surface area contributed by atoms with Crippen molar-refractivity contribution in [3.63, 3.8) is 0 Å². The van der Waals surface area contributed by atoms with Gasteiger partial charge in [0.1, 0.15) is 0 Å². The molecule has 0 unspecified atom stereocenters. The van der Waals surface area contributed by atoms with Crippen molar-refractivity contribution in [3.05, 3.63) is 50.2 Å². The highest BCUT2D eigenvalue weighted by atomic mass is 35.5. The molecule has 0 bridgehead atoms. The van der Waals surface area contributed by atoms with E-state index >= 15 is 0 Å². The maximum Gasteiger partial charge on any atom is 0.205 e. The van der Waals surface area contributed by atoms with Crippen LogP contribution in [-0.4, -0.2) is 9.55 Å². The molecule has 108 valence electrons. The van der Waals surface area contributed by atoms with Crippen LogP contribution < -0.4 is 5.73 Å². The summed E-state index contributed by atoms with van der Waals surface area (Å²) in [7, 11) is 0. The number of nitrogens with two attached hydrogens (primary N) is 1. The zero-order chi connectivity index (χ0) is 15.3. The summed E-state index contributed by atoms with van der Waals surface area (Å²) in [6.45, 7) is 0. The van der Waals surface area contributed by atoms with Crippen LogP contribution in [0.4, 0.5) is 10.3 Å². The monoisotopic (exact) mass is 363 g/mol. The summed E-state index contributed by atoms with van der Waals surface area (Å²) in [5, 5.41) is 0.492. The van der Waals surface area contributed by atoms with Gasteiger partial charge in [-0.05, 0) is 24.3 Å². The lowest BCUT2D eigenvalue weighted by molar-refractivity contribution is 0.628. The van der Waals surface area contributed by atoms with Crippen LogP contribution in [0.1, 0.15) is 0 Å². The van der Waals surface area contributed by atoms with E-state index in [1.54, 1.807) is 16.7 Å². The Morgan fingerprint density at radius 3 is 2.10 bits per heavy atom. The fraction of sp³-hybridized carbons (Fsp3) is 0. The van der Waals surface area contributed by atoms with Crippen LogP contribution in [0.15, 0.2) is 24.3 Å². The van der Waals surface area contributed by atoms with Crippen LogP contribution in [-0.2, 0) is 0 Å². The van der Waals surface area contributed by atoms with Gasteiger partial charge >= 0.3 is 0 Å². The van der Waals surface area contributed by atoms with Gasteiger partial charge in [0.05, 0.1) is 36.8 Å². The molecule has 2 aromatic carbocycles. The van der Waals surface area contributed by atoms with Crippen molar-refractivity contribution in [2.24, 2.45) is 0 Å². The van der Waals surface area contributed by atoms with Gasteiger partial charge in [0, 0.05) is 0 Å². The first kappa shape index (κ1) is 14.7. The molecule has 2 N–H and O–H groups in total. The Morgan fingerprint density at radius 2 is 1.48 bits per heavy atom. The molecule has 0 fully saturated rings. The van der Waals surface area contributed by atoms with Gasteiger partial charge in [0.2, 0.25) is 5.95 Å². The summed E-state index contributed by atoms with van der Waals surface area (Å²) in [5.74, 6) is -0.506. The van der Waals surface area contributed by atoms with E-state index in [2.05, 4.69) is 4.98 Å². The topological polar surface area (TPSA) is 43.8 Å². The average Bonchev–Trinajstić information content (AvgIpc) is 2.71. The number of imidazole rings is 1. The highest BCUT2D eigenvalue weighted by Gasteiger charge is 2.15. The molecule has 0 saturated carbocycles. The van der Waals surface area contributed by atoms with Gasteiger partial charge in [0.25, 0.3) is 0 Å². The number of nitrogen functional groups attached to an aromatic ring is 1. The lowest BCUT2D eigenvalue weighted by Gasteiger charge is -2.09. The molecular weight excluding hydrogens is 359 g/mol. The number of aromatic nitrogens is 2. The quantitative estimate of drug-likeness (QED) is 0.590. The number of hydrogen-bond donors (Lipinski definition) is 1. The predicted octanol–water partition coefficient (Wildman–Crippen LogP) is 5.36. The molecule has 21 heavy (non-hydrogen) atoms. The van der Waals surface area contributed by atoms with Gasteiger partial charge in [-0.15, -0.1) is 0 Å². The van der Waals surface area contributed by atoms with Crippen LogP contribution in [0.2, 0.25) is 20.1 Å². The van der Waals surface area contributed by atoms with Gasteiger partial charge < -0.3 is 5.73 Å². The number of nitrogens with zero attached hydrogens (tertiary/aromatic N) is 2. The zero-order valence-corrected chi connectivity index (χ0v) is 13.2. The van der Waals surface area contributed by atoms with Crippen molar-refractivity contribution in [2.75, 3.05) is 5.73 Å². The summed E-state index contributed by atoms with van der Waals surface area (Å²) in [6, 6.07) is 6.03. The number of rotatable bonds is 1. The Labute approximate surface area is 139 Å². The molecular formula is C13H6Cl4FN3. The largest absolute Gasteiger partial charge is 0.369 e. The number of hydrogen-bond acceptors (Lipinski definition) is 2. The molecule has 3 aromatic rings. The molecule has 1 heterocycles. The van der Waals surface area contributed by atoms with Crippen molar-refractivity contribution >= 4 is 63.4 Å². The molecule has 0 amide bonds. The summed E-state index contributed by atoms with van der Waals surface area (Å²) < 4.78 is 15.1. The molecule has 0 aliphatic rings. The summed E-state index contributed by atoms with van der Waals surface area (Å²) >= 11 is 23.6. The van der Waals surface area contributed by atoms with Crippen LogP contribution in [0.5, 0.6) is 0 Å². The van der Waals surface area contributed by atoms with E-state index in [-0.39, 0.29) is 16.0 Å². The molecule has 0 spiro atoms. The highest BCUT2D eigenvalue weighted by Crippen LogP contribution is 2.33. The van der Waals surface area contributed by atoms with Crippen LogP contribution in [0, 0.1) is 5.82 Å². The lowest BCUT2D eigenvalue weighted by Crippen LogP contribution is -2.01. The van der Waals surface area contributed by atoms with Crippen LogP contribution in [0.3, 0.4) is 0 Å². The Kier molecular flexibility index (Phi) is 3.66. The summed E-state index contributed by atoms with van der Waals surface area (Å²) in [5.41, 5.74) is 7.55. The van der Waals surface area contributed by atoms with Gasteiger partial charge in [-0.1, -0.05) is 46.4 Å². The molecule has 3 nitrogen and oxygen atoms in total. The average molecular weight is 365 g/mol. The second kappa shape index (κ2) is 5.21. The van der Waals surface area contributed by atoms with Crippen molar-refractivity contribution in [3.8, 4) is 5.69 Å². The van der Waals surface area contributed by atoms with Crippen molar-refractivity contribution < 1.29 is 4.39 Å². The number of fused-ring (bicyclic) bond motifs is 1. The smallest absolute Gasteiger partial charge is 0.205 e. The van der Waals surface area contributed by atoms with Gasteiger partial charge in [-0.2, -0.15) is 0 Å². The van der Waals surface area contributed by atoms with Crippen molar-refractivity contribution in [1.82, 2.24) is 9.55 Å². The number of anilines is 1.